The second-order valence-electron chi connectivity index (χ2n) is 7.07. The molecule has 1 aromatic heterocycles. The highest BCUT2D eigenvalue weighted by Gasteiger charge is 2.34. The first kappa shape index (κ1) is 19.0. The Balaban J connectivity index is 1.58. The molecule has 1 aromatic carbocycles. The number of carbonyl (C=O) groups excluding carboxylic acids is 3. The maximum Gasteiger partial charge on any atom is 0.359 e. The number of aromatic nitrogens is 2. The van der Waals surface area contributed by atoms with E-state index < -0.39 is 5.97 Å². The van der Waals surface area contributed by atoms with E-state index in [2.05, 4.69) is 5.10 Å². The monoisotopic (exact) mass is 397 g/mol. The van der Waals surface area contributed by atoms with E-state index in [4.69, 9.17) is 10.6 Å². The minimum atomic E-state index is -0.579. The number of carbonyl (C=O) groups is 3. The van der Waals surface area contributed by atoms with Gasteiger partial charge in [0.05, 0.1) is 6.61 Å². The van der Waals surface area contributed by atoms with Crippen molar-refractivity contribution in [3.63, 3.8) is 0 Å². The number of nitrogens with zero attached hydrogens (tertiary/aromatic N) is 4. The molecule has 0 aliphatic carbocycles. The number of hydrogen-bond acceptors (Lipinski definition) is 6. The van der Waals surface area contributed by atoms with Gasteiger partial charge in [-0.05, 0) is 50.5 Å². The fourth-order valence-electron chi connectivity index (χ4n) is 3.89. The SMILES string of the molecule is CCOC(=O)c1nn(N)c2c1CCN(c1ccc(N3CCCCC3=O)cc1)C2=O. The lowest BCUT2D eigenvalue weighted by Crippen LogP contribution is -2.40. The summed E-state index contributed by atoms with van der Waals surface area (Å²) in [5.41, 5.74) is 2.33. The van der Waals surface area contributed by atoms with Gasteiger partial charge >= 0.3 is 5.97 Å². The van der Waals surface area contributed by atoms with Crippen LogP contribution in [0.5, 0.6) is 0 Å². The maximum absolute atomic E-state index is 13.0. The van der Waals surface area contributed by atoms with Crippen molar-refractivity contribution in [1.82, 2.24) is 9.89 Å². The Morgan fingerprint density at radius 3 is 2.41 bits per heavy atom. The van der Waals surface area contributed by atoms with Gasteiger partial charge in [0.2, 0.25) is 5.91 Å². The largest absolute Gasteiger partial charge is 0.461 e. The molecule has 29 heavy (non-hydrogen) atoms. The predicted molar refractivity (Wildman–Crippen MR) is 106 cm³/mol. The molecular weight excluding hydrogens is 374 g/mol. The van der Waals surface area contributed by atoms with Gasteiger partial charge in [0.1, 0.15) is 0 Å². The van der Waals surface area contributed by atoms with Crippen LogP contribution in [-0.2, 0) is 16.0 Å². The lowest BCUT2D eigenvalue weighted by Gasteiger charge is -2.29. The fourth-order valence-corrected chi connectivity index (χ4v) is 3.89. The van der Waals surface area contributed by atoms with E-state index in [1.807, 2.05) is 24.3 Å². The third-order valence-electron chi connectivity index (χ3n) is 5.31. The minimum Gasteiger partial charge on any atom is -0.461 e. The third-order valence-corrected chi connectivity index (χ3v) is 5.31. The molecule has 0 unspecified atom stereocenters. The number of nitrogen functional groups attached to an aromatic ring is 1. The molecule has 1 saturated heterocycles. The first-order valence-electron chi connectivity index (χ1n) is 9.77. The van der Waals surface area contributed by atoms with Gasteiger partial charge in [-0.15, -0.1) is 5.10 Å². The first-order chi connectivity index (χ1) is 14.0. The quantitative estimate of drug-likeness (QED) is 0.618. The number of nitrogens with two attached hydrogens (primary N) is 1. The van der Waals surface area contributed by atoms with Crippen molar-refractivity contribution in [2.24, 2.45) is 0 Å². The van der Waals surface area contributed by atoms with Gasteiger partial charge in [-0.2, -0.15) is 4.79 Å². The van der Waals surface area contributed by atoms with E-state index in [-0.39, 0.29) is 29.8 Å². The summed E-state index contributed by atoms with van der Waals surface area (Å²) in [5.74, 6) is 5.10. The van der Waals surface area contributed by atoms with Crippen LogP contribution in [0.3, 0.4) is 0 Å². The highest BCUT2D eigenvalue weighted by atomic mass is 16.5. The summed E-state index contributed by atoms with van der Waals surface area (Å²) in [5, 5.41) is 4.00. The number of fused-ring (bicyclic) bond motifs is 1. The van der Waals surface area contributed by atoms with Crippen LogP contribution in [0.1, 0.15) is 52.7 Å². The zero-order chi connectivity index (χ0) is 20.5. The van der Waals surface area contributed by atoms with Gasteiger partial charge in [-0.25, -0.2) is 4.79 Å². The normalized spacial score (nSPS) is 16.7. The van der Waals surface area contributed by atoms with Crippen LogP contribution in [0, 0.1) is 0 Å². The molecule has 1 fully saturated rings. The lowest BCUT2D eigenvalue weighted by molar-refractivity contribution is -0.119. The zero-order valence-electron chi connectivity index (χ0n) is 16.3. The Kier molecular flexibility index (Phi) is 4.96. The number of amides is 2. The van der Waals surface area contributed by atoms with Gasteiger partial charge < -0.3 is 20.4 Å². The Hall–Kier alpha value is -3.36. The zero-order valence-corrected chi connectivity index (χ0v) is 16.3. The molecule has 9 nitrogen and oxygen atoms in total. The second-order valence-corrected chi connectivity index (χ2v) is 7.07. The van der Waals surface area contributed by atoms with Crippen molar-refractivity contribution in [2.45, 2.75) is 32.6 Å². The Bertz CT molecular complexity index is 966. The molecule has 2 N–H and O–H groups in total. The molecule has 0 atom stereocenters. The summed E-state index contributed by atoms with van der Waals surface area (Å²) >= 11 is 0. The van der Waals surface area contributed by atoms with Gasteiger partial charge in [-0.1, -0.05) is 0 Å². The van der Waals surface area contributed by atoms with E-state index in [1.54, 1.807) is 16.7 Å². The van der Waals surface area contributed by atoms with E-state index in [0.717, 1.165) is 23.3 Å². The van der Waals surface area contributed by atoms with Crippen molar-refractivity contribution in [2.75, 3.05) is 35.3 Å². The standard InChI is InChI=1S/C20H23N5O4/c1-2-29-20(28)17-15-10-12-24(19(27)18(15)25(21)22-17)14-8-6-13(7-9-14)23-11-4-3-5-16(23)26/h6-9H,2-5,10-12,21H2,1H3. The van der Waals surface area contributed by atoms with E-state index in [1.165, 1.54) is 0 Å². The van der Waals surface area contributed by atoms with Crippen molar-refractivity contribution in [3.05, 3.63) is 41.2 Å². The number of hydrogen-bond donors (Lipinski definition) is 1. The average Bonchev–Trinajstić information content (AvgIpc) is 3.07. The molecular formula is C20H23N5O4. The molecule has 0 spiro atoms. The predicted octanol–water partition coefficient (Wildman–Crippen LogP) is 1.49. The minimum absolute atomic E-state index is 0.0938. The number of rotatable bonds is 4. The van der Waals surface area contributed by atoms with Crippen molar-refractivity contribution < 1.29 is 19.1 Å². The topological polar surface area (TPSA) is 111 Å². The molecule has 3 heterocycles. The van der Waals surface area contributed by atoms with Crippen LogP contribution in [0.15, 0.2) is 24.3 Å². The first-order valence-corrected chi connectivity index (χ1v) is 9.77. The summed E-state index contributed by atoms with van der Waals surface area (Å²) in [6.07, 6.45) is 2.93. The van der Waals surface area contributed by atoms with Crippen molar-refractivity contribution >= 4 is 29.2 Å². The number of benzene rings is 1. The van der Waals surface area contributed by atoms with Crippen molar-refractivity contribution in [3.8, 4) is 0 Å². The van der Waals surface area contributed by atoms with Crippen LogP contribution in [0.4, 0.5) is 11.4 Å². The van der Waals surface area contributed by atoms with Gasteiger partial charge in [-0.3, -0.25) is 9.59 Å². The number of anilines is 2. The van der Waals surface area contributed by atoms with Crippen LogP contribution in [-0.4, -0.2) is 47.4 Å². The Morgan fingerprint density at radius 2 is 1.76 bits per heavy atom. The van der Waals surface area contributed by atoms with E-state index >= 15 is 0 Å². The van der Waals surface area contributed by atoms with Gasteiger partial charge in [0.15, 0.2) is 11.4 Å². The number of piperidine rings is 1. The molecule has 2 aromatic rings. The van der Waals surface area contributed by atoms with Gasteiger partial charge in [0.25, 0.3) is 5.91 Å². The summed E-state index contributed by atoms with van der Waals surface area (Å²) in [4.78, 5) is 41.6. The summed E-state index contributed by atoms with van der Waals surface area (Å²) in [6.45, 7) is 3.04. The van der Waals surface area contributed by atoms with Crippen LogP contribution < -0.4 is 15.6 Å². The molecule has 0 radical (unpaired) electrons. The maximum atomic E-state index is 13.0. The highest BCUT2D eigenvalue weighted by Crippen LogP contribution is 2.29. The Labute approximate surface area is 168 Å². The summed E-state index contributed by atoms with van der Waals surface area (Å²) < 4.78 is 5.01. The van der Waals surface area contributed by atoms with Crippen molar-refractivity contribution in [1.29, 1.82) is 0 Å². The van der Waals surface area contributed by atoms with E-state index in [0.29, 0.717) is 37.2 Å². The lowest BCUT2D eigenvalue weighted by atomic mass is 10.0. The molecule has 0 bridgehead atoms. The molecule has 4 rings (SSSR count). The number of esters is 1. The number of ether oxygens (including phenoxy) is 1. The van der Waals surface area contributed by atoms with E-state index in [9.17, 15) is 14.4 Å². The molecule has 2 aliphatic rings. The summed E-state index contributed by atoms with van der Waals surface area (Å²) in [7, 11) is 0. The Morgan fingerprint density at radius 1 is 1.07 bits per heavy atom. The highest BCUT2D eigenvalue weighted by molar-refractivity contribution is 6.09. The second kappa shape index (κ2) is 7.57. The molecule has 2 aliphatic heterocycles. The van der Waals surface area contributed by atoms with Crippen LogP contribution in [0.2, 0.25) is 0 Å². The molecule has 9 heteroatoms. The smallest absolute Gasteiger partial charge is 0.359 e. The van der Waals surface area contributed by atoms with Crippen LogP contribution >= 0.6 is 0 Å². The summed E-state index contributed by atoms with van der Waals surface area (Å²) in [6, 6.07) is 7.35. The van der Waals surface area contributed by atoms with Gasteiger partial charge in [0, 0.05) is 36.4 Å². The molecule has 0 saturated carbocycles. The molecule has 2 amide bonds. The third kappa shape index (κ3) is 3.32. The van der Waals surface area contributed by atoms with Crippen LogP contribution in [0.25, 0.3) is 0 Å². The fraction of sp³-hybridized carbons (Fsp3) is 0.400. The molecule has 152 valence electrons. The average molecular weight is 397 g/mol.